The molecule has 0 spiro atoms. The number of ether oxygens (including phenoxy) is 1. The summed E-state index contributed by atoms with van der Waals surface area (Å²) in [7, 11) is -4.10. The Hall–Kier alpha value is -1.06. The Morgan fingerprint density at radius 1 is 0.919 bits per heavy atom. The van der Waals surface area contributed by atoms with Gasteiger partial charge in [-0.25, -0.2) is 0 Å². The maximum absolute atomic E-state index is 13.0. The van der Waals surface area contributed by atoms with Crippen LogP contribution in [0.4, 0.5) is 0 Å². The number of rotatable bonds is 15. The van der Waals surface area contributed by atoms with Gasteiger partial charge in [-0.05, 0) is 74.1 Å². The first kappa shape index (κ1) is 34.0. The van der Waals surface area contributed by atoms with Crippen LogP contribution in [0.5, 0.6) is 0 Å². The summed E-state index contributed by atoms with van der Waals surface area (Å²) in [6.45, 7) is 28.0. The fourth-order valence-corrected chi connectivity index (χ4v) is 6.48. The first-order valence-electron chi connectivity index (χ1n) is 14.0. The molecule has 0 aliphatic carbocycles. The fraction of sp³-hybridized carbons (Fsp3) is 0.710. The Morgan fingerprint density at radius 2 is 1.46 bits per heavy atom. The third kappa shape index (κ3) is 11.3. The lowest BCUT2D eigenvalue weighted by Gasteiger charge is -2.43. The van der Waals surface area contributed by atoms with Crippen LogP contribution in [0.25, 0.3) is 0 Å². The van der Waals surface area contributed by atoms with E-state index in [1.165, 1.54) is 5.56 Å². The van der Waals surface area contributed by atoms with E-state index < -0.39 is 16.6 Å². The summed E-state index contributed by atoms with van der Waals surface area (Å²) in [5.74, 6) is -0.0892. The lowest BCUT2D eigenvalue weighted by Crippen LogP contribution is -2.49. The minimum Gasteiger partial charge on any atom is -0.414 e. The zero-order valence-electron chi connectivity index (χ0n) is 25.9. The molecule has 0 aliphatic rings. The average Bonchev–Trinajstić information content (AvgIpc) is 2.76. The molecule has 0 unspecified atom stereocenters. The summed E-state index contributed by atoms with van der Waals surface area (Å²) < 4.78 is 19.9. The minimum atomic E-state index is -2.09. The molecule has 0 aromatic heterocycles. The lowest BCUT2D eigenvalue weighted by atomic mass is 9.93. The Labute approximate surface area is 230 Å². The molecule has 37 heavy (non-hydrogen) atoms. The lowest BCUT2D eigenvalue weighted by molar-refractivity contribution is -0.121. The highest BCUT2D eigenvalue weighted by molar-refractivity contribution is 6.74. The summed E-state index contributed by atoms with van der Waals surface area (Å²) in [6.07, 6.45) is 5.90. The predicted octanol–water partition coefficient (Wildman–Crippen LogP) is 8.94. The zero-order valence-corrected chi connectivity index (χ0v) is 27.9. The number of hydrogen-bond donors (Lipinski definition) is 0. The van der Waals surface area contributed by atoms with Crippen molar-refractivity contribution in [3.05, 3.63) is 48.0 Å². The molecule has 0 aliphatic heterocycles. The number of hydrogen-bond acceptors (Lipinski definition) is 4. The van der Waals surface area contributed by atoms with Gasteiger partial charge >= 0.3 is 0 Å². The van der Waals surface area contributed by atoms with Crippen LogP contribution < -0.4 is 0 Å². The van der Waals surface area contributed by atoms with E-state index in [1.54, 1.807) is 6.08 Å². The van der Waals surface area contributed by atoms with Crippen molar-refractivity contribution in [2.24, 2.45) is 5.92 Å². The second kappa shape index (κ2) is 14.4. The van der Waals surface area contributed by atoms with Crippen molar-refractivity contribution in [1.82, 2.24) is 0 Å². The van der Waals surface area contributed by atoms with E-state index in [9.17, 15) is 4.79 Å². The van der Waals surface area contributed by atoms with Crippen LogP contribution in [0.3, 0.4) is 0 Å². The molecule has 1 rings (SSSR count). The molecule has 212 valence electrons. The van der Waals surface area contributed by atoms with Crippen LogP contribution in [0, 0.1) is 5.92 Å². The van der Waals surface area contributed by atoms with Gasteiger partial charge in [-0.1, -0.05) is 84.9 Å². The van der Waals surface area contributed by atoms with Gasteiger partial charge in [0.1, 0.15) is 0 Å². The van der Waals surface area contributed by atoms with Gasteiger partial charge in [0.25, 0.3) is 0 Å². The van der Waals surface area contributed by atoms with Crippen molar-refractivity contribution in [2.45, 2.75) is 130 Å². The summed E-state index contributed by atoms with van der Waals surface area (Å²) in [5.41, 5.74) is 1.19. The molecule has 0 radical (unpaired) electrons. The Morgan fingerprint density at radius 3 is 1.97 bits per heavy atom. The van der Waals surface area contributed by atoms with Gasteiger partial charge in [0, 0.05) is 18.6 Å². The third-order valence-electron chi connectivity index (χ3n) is 8.28. The topological polar surface area (TPSA) is 44.8 Å². The Balaban J connectivity index is 3.08. The molecule has 1 aromatic carbocycles. The first-order valence-corrected chi connectivity index (χ1v) is 19.9. The van der Waals surface area contributed by atoms with Gasteiger partial charge in [0.15, 0.2) is 22.4 Å². The predicted molar refractivity (Wildman–Crippen MR) is 163 cm³/mol. The van der Waals surface area contributed by atoms with E-state index in [-0.39, 0.29) is 34.0 Å². The van der Waals surface area contributed by atoms with Crippen molar-refractivity contribution in [3.8, 4) is 0 Å². The minimum absolute atomic E-state index is 0.0249. The van der Waals surface area contributed by atoms with Gasteiger partial charge in [0.05, 0.1) is 12.7 Å². The molecule has 0 saturated heterocycles. The molecular formula is C31H56O4Si2. The number of ketones is 1. The van der Waals surface area contributed by atoms with Gasteiger partial charge in [-0.2, -0.15) is 0 Å². The summed E-state index contributed by atoms with van der Waals surface area (Å²) in [6, 6.07) is 10.3. The fourth-order valence-electron chi connectivity index (χ4n) is 3.66. The van der Waals surface area contributed by atoms with Crippen molar-refractivity contribution >= 4 is 22.4 Å². The smallest absolute Gasteiger partial charge is 0.192 e. The normalized spacial score (nSPS) is 16.1. The van der Waals surface area contributed by atoms with E-state index in [0.29, 0.717) is 13.2 Å². The van der Waals surface area contributed by atoms with Gasteiger partial charge in [-0.15, -0.1) is 0 Å². The van der Waals surface area contributed by atoms with E-state index in [0.717, 1.165) is 19.3 Å². The highest BCUT2D eigenvalue weighted by atomic mass is 28.4. The molecule has 0 heterocycles. The Kier molecular flexibility index (Phi) is 13.2. The molecule has 0 saturated carbocycles. The summed E-state index contributed by atoms with van der Waals surface area (Å²) in [5, 5.41) is 0.174. The molecule has 1 aromatic rings. The van der Waals surface area contributed by atoms with Crippen LogP contribution in [0.1, 0.15) is 80.2 Å². The van der Waals surface area contributed by atoms with Crippen molar-refractivity contribution in [3.63, 3.8) is 0 Å². The largest absolute Gasteiger partial charge is 0.414 e. The van der Waals surface area contributed by atoms with Crippen molar-refractivity contribution < 1.29 is 18.4 Å². The standard InChI is InChI=1S/C31H56O4Si2/c1-13-18-28(32)25(2)29(35-37(11,12)31(6,7)8)23-27(34-36(9,10)30(3,4)5)21-17-22-33-24-26-19-15-14-16-20-26/h13-16,18-20,25,27,29H,17,21-24H2,1-12H3/b18-13-/t25-,27-,29+/m1/s1. The van der Waals surface area contributed by atoms with Crippen LogP contribution in [-0.4, -0.2) is 41.2 Å². The third-order valence-corrected chi connectivity index (χ3v) is 17.3. The maximum Gasteiger partial charge on any atom is 0.192 e. The molecule has 3 atom stereocenters. The molecular weight excluding hydrogens is 493 g/mol. The number of carbonyl (C=O) groups excluding carboxylic acids is 1. The van der Waals surface area contributed by atoms with Crippen LogP contribution in [-0.2, 0) is 25.0 Å². The van der Waals surface area contributed by atoms with Crippen molar-refractivity contribution in [1.29, 1.82) is 0 Å². The van der Waals surface area contributed by atoms with E-state index in [2.05, 4.69) is 79.9 Å². The SMILES string of the molecule is C/C=C\C(=O)[C@@H](C)[C@H](C[C@@H](CCCOCc1ccccc1)O[Si](C)(C)C(C)(C)C)O[Si](C)(C)C(C)(C)C. The summed E-state index contributed by atoms with van der Waals surface area (Å²) in [4.78, 5) is 13.0. The maximum atomic E-state index is 13.0. The van der Waals surface area contributed by atoms with E-state index in [4.69, 9.17) is 13.6 Å². The highest BCUT2D eigenvalue weighted by Gasteiger charge is 2.43. The second-order valence-corrected chi connectivity index (χ2v) is 23.0. The van der Waals surface area contributed by atoms with Gasteiger partial charge in [-0.3, -0.25) is 4.79 Å². The highest BCUT2D eigenvalue weighted by Crippen LogP contribution is 2.41. The quantitative estimate of drug-likeness (QED) is 0.125. The molecule has 0 amide bonds. The summed E-state index contributed by atoms with van der Waals surface area (Å²) >= 11 is 0. The van der Waals surface area contributed by atoms with Crippen LogP contribution in [0.2, 0.25) is 36.3 Å². The molecule has 6 heteroatoms. The van der Waals surface area contributed by atoms with E-state index >= 15 is 0 Å². The van der Waals surface area contributed by atoms with E-state index in [1.807, 2.05) is 38.1 Å². The first-order chi connectivity index (χ1) is 16.9. The van der Waals surface area contributed by atoms with Crippen LogP contribution in [0.15, 0.2) is 42.5 Å². The average molecular weight is 549 g/mol. The number of benzene rings is 1. The van der Waals surface area contributed by atoms with Crippen molar-refractivity contribution in [2.75, 3.05) is 6.61 Å². The molecule has 0 bridgehead atoms. The second-order valence-electron chi connectivity index (χ2n) is 13.5. The van der Waals surface area contributed by atoms with Gasteiger partial charge in [0.2, 0.25) is 0 Å². The monoisotopic (exact) mass is 548 g/mol. The molecule has 4 nitrogen and oxygen atoms in total. The van der Waals surface area contributed by atoms with Crippen LogP contribution >= 0.6 is 0 Å². The van der Waals surface area contributed by atoms with Gasteiger partial charge < -0.3 is 13.6 Å². The molecule has 0 N–H and O–H groups in total. The number of allylic oxidation sites excluding steroid dienone is 2. The Bertz CT molecular complexity index is 835. The number of carbonyl (C=O) groups is 1. The molecule has 0 fully saturated rings. The zero-order chi connectivity index (χ0) is 28.5.